The number of aliphatic hydroxyl groups is 1. The number of phenolic OH excluding ortho intramolecular Hbond substituents is 1. The van der Waals surface area contributed by atoms with E-state index in [1.165, 1.54) is 12.1 Å². The number of aromatic hydroxyl groups is 1. The van der Waals surface area contributed by atoms with Crippen molar-refractivity contribution >= 4 is 22.7 Å². The lowest BCUT2D eigenvalue weighted by Gasteiger charge is -2.36. The molecule has 1 fully saturated rings. The molecule has 0 spiro atoms. The summed E-state index contributed by atoms with van der Waals surface area (Å²) in [6.07, 6.45) is 2.84. The second kappa shape index (κ2) is 16.9. The van der Waals surface area contributed by atoms with E-state index in [4.69, 9.17) is 9.47 Å². The summed E-state index contributed by atoms with van der Waals surface area (Å²) in [5.74, 6) is 0.775. The van der Waals surface area contributed by atoms with Crippen molar-refractivity contribution in [1.29, 1.82) is 0 Å². The molecule has 10 nitrogen and oxygen atoms in total. The highest BCUT2D eigenvalue weighted by Gasteiger charge is 2.28. The molecule has 5 aromatic rings. The number of phenols is 1. The van der Waals surface area contributed by atoms with Gasteiger partial charge in [0.1, 0.15) is 17.6 Å². The second-order valence-electron chi connectivity index (χ2n) is 14.2. The minimum Gasteiger partial charge on any atom is -0.506 e. The zero-order valence-electron chi connectivity index (χ0n) is 29.9. The van der Waals surface area contributed by atoms with E-state index in [2.05, 4.69) is 41.8 Å². The molecule has 1 saturated heterocycles. The van der Waals surface area contributed by atoms with Crippen LogP contribution in [0.25, 0.3) is 22.0 Å². The first-order valence-electron chi connectivity index (χ1n) is 18.1. The first-order valence-corrected chi connectivity index (χ1v) is 18.1. The summed E-state index contributed by atoms with van der Waals surface area (Å²) in [7, 11) is 4.42. The quantitative estimate of drug-likeness (QED) is 0.0653. The highest BCUT2D eigenvalue weighted by Crippen LogP contribution is 2.31. The number of quaternary nitrogens is 1. The minimum atomic E-state index is -0.801. The number of carbonyl (C=O) groups is 1. The van der Waals surface area contributed by atoms with E-state index in [1.807, 2.05) is 60.7 Å². The number of anilines is 1. The number of aromatic nitrogens is 1. The SMILES string of the molecule is C[N+]1(C)CCC(OC(=O)Nc2cc(CCCOc3ccc(CCNC[C@H](O)c4ccc(O)c5[nH]c(=O)ccc45)cc3)ccc2-c2ccccc2)CC1. The van der Waals surface area contributed by atoms with E-state index in [0.29, 0.717) is 36.2 Å². The maximum Gasteiger partial charge on any atom is 0.411 e. The Balaban J connectivity index is 0.956. The lowest BCUT2D eigenvalue weighted by atomic mass is 10.00. The molecule has 272 valence electrons. The summed E-state index contributed by atoms with van der Waals surface area (Å²) in [6, 6.07) is 30.5. The van der Waals surface area contributed by atoms with E-state index < -0.39 is 12.2 Å². The number of nitrogens with zero attached hydrogens (tertiary/aromatic N) is 1. The molecular formula is C42H49N4O6+. The van der Waals surface area contributed by atoms with Gasteiger partial charge in [0.2, 0.25) is 5.56 Å². The molecule has 0 aliphatic carbocycles. The molecule has 1 aromatic heterocycles. The van der Waals surface area contributed by atoms with Crippen LogP contribution >= 0.6 is 0 Å². The summed E-state index contributed by atoms with van der Waals surface area (Å²) >= 11 is 0. The smallest absolute Gasteiger partial charge is 0.411 e. The number of aliphatic hydroxyl groups excluding tert-OH is 1. The molecule has 0 radical (unpaired) electrons. The average molecular weight is 706 g/mol. The van der Waals surface area contributed by atoms with Gasteiger partial charge in [0, 0.05) is 36.4 Å². The molecule has 4 aromatic carbocycles. The monoisotopic (exact) mass is 705 g/mol. The first kappa shape index (κ1) is 36.6. The lowest BCUT2D eigenvalue weighted by Crippen LogP contribution is -2.48. The van der Waals surface area contributed by atoms with Crippen LogP contribution < -0.4 is 20.9 Å². The number of amides is 1. The zero-order valence-corrected chi connectivity index (χ0v) is 29.9. The number of nitrogens with one attached hydrogen (secondary N) is 3. The van der Waals surface area contributed by atoms with Crippen LogP contribution in [-0.2, 0) is 17.6 Å². The largest absolute Gasteiger partial charge is 0.506 e. The number of rotatable bonds is 14. The number of carbonyl (C=O) groups excluding carboxylic acids is 1. The third-order valence-corrected chi connectivity index (χ3v) is 9.79. The predicted octanol–water partition coefficient (Wildman–Crippen LogP) is 6.57. The van der Waals surface area contributed by atoms with Gasteiger partial charge >= 0.3 is 6.09 Å². The zero-order chi connectivity index (χ0) is 36.5. The number of likely N-dealkylation sites (tertiary alicyclic amines) is 1. The van der Waals surface area contributed by atoms with Gasteiger partial charge in [-0.2, -0.15) is 0 Å². The molecular weight excluding hydrogens is 656 g/mol. The van der Waals surface area contributed by atoms with Crippen molar-refractivity contribution in [2.75, 3.05) is 52.2 Å². The van der Waals surface area contributed by atoms with Crippen LogP contribution in [0.15, 0.2) is 102 Å². The highest BCUT2D eigenvalue weighted by atomic mass is 16.6. The second-order valence-corrected chi connectivity index (χ2v) is 14.2. The van der Waals surface area contributed by atoms with Crippen LogP contribution in [0, 0.1) is 0 Å². The lowest BCUT2D eigenvalue weighted by molar-refractivity contribution is -0.896. The Morgan fingerprint density at radius 1 is 0.923 bits per heavy atom. The number of ether oxygens (including phenoxy) is 2. The molecule has 1 amide bonds. The fourth-order valence-corrected chi connectivity index (χ4v) is 6.72. The first-order chi connectivity index (χ1) is 25.1. The summed E-state index contributed by atoms with van der Waals surface area (Å²) < 4.78 is 12.8. The number of piperidine rings is 1. The molecule has 0 bridgehead atoms. The van der Waals surface area contributed by atoms with Crippen LogP contribution in [0.4, 0.5) is 10.5 Å². The molecule has 2 heterocycles. The van der Waals surface area contributed by atoms with Gasteiger partial charge in [-0.1, -0.05) is 60.7 Å². The van der Waals surface area contributed by atoms with Crippen LogP contribution in [0.5, 0.6) is 11.5 Å². The fourth-order valence-electron chi connectivity index (χ4n) is 6.72. The van der Waals surface area contributed by atoms with Gasteiger partial charge in [0.15, 0.2) is 0 Å². The van der Waals surface area contributed by atoms with E-state index in [1.54, 1.807) is 12.1 Å². The van der Waals surface area contributed by atoms with Crippen LogP contribution in [0.1, 0.15) is 42.1 Å². The van der Waals surface area contributed by atoms with Crippen molar-refractivity contribution < 1.29 is 29.0 Å². The maximum atomic E-state index is 13.0. The summed E-state index contributed by atoms with van der Waals surface area (Å²) in [6.45, 7) is 3.54. The Kier molecular flexibility index (Phi) is 11.9. The van der Waals surface area contributed by atoms with Gasteiger partial charge in [-0.05, 0) is 78.4 Å². The van der Waals surface area contributed by atoms with E-state index in [0.717, 1.165) is 83.4 Å². The van der Waals surface area contributed by atoms with Crippen molar-refractivity contribution in [2.45, 2.75) is 44.3 Å². The Hall–Kier alpha value is -5.16. The van der Waals surface area contributed by atoms with Crippen LogP contribution in [-0.4, -0.2) is 78.8 Å². The molecule has 0 unspecified atom stereocenters. The molecule has 0 saturated carbocycles. The number of benzene rings is 4. The molecule has 6 rings (SSSR count). The van der Waals surface area contributed by atoms with E-state index in [9.17, 15) is 19.8 Å². The van der Waals surface area contributed by atoms with E-state index >= 15 is 0 Å². The van der Waals surface area contributed by atoms with Crippen molar-refractivity contribution in [1.82, 2.24) is 10.3 Å². The predicted molar refractivity (Wildman–Crippen MR) is 205 cm³/mol. The number of aryl methyl sites for hydroxylation is 1. The normalized spacial score (nSPS) is 14.9. The van der Waals surface area contributed by atoms with Crippen molar-refractivity contribution in [3.63, 3.8) is 0 Å². The third kappa shape index (κ3) is 9.79. The van der Waals surface area contributed by atoms with Gasteiger partial charge in [0.05, 0.1) is 51.1 Å². The molecule has 10 heteroatoms. The van der Waals surface area contributed by atoms with Crippen LogP contribution in [0.2, 0.25) is 0 Å². The van der Waals surface area contributed by atoms with Gasteiger partial charge in [-0.15, -0.1) is 0 Å². The molecule has 52 heavy (non-hydrogen) atoms. The summed E-state index contributed by atoms with van der Waals surface area (Å²) in [5, 5.41) is 27.8. The fraction of sp³-hybridized carbons (Fsp3) is 0.333. The maximum absolute atomic E-state index is 13.0. The van der Waals surface area contributed by atoms with Crippen LogP contribution in [0.3, 0.4) is 0 Å². The number of H-pyrrole nitrogens is 1. The Morgan fingerprint density at radius 2 is 1.67 bits per heavy atom. The molecule has 5 N–H and O–H groups in total. The van der Waals surface area contributed by atoms with Gasteiger partial charge in [-0.3, -0.25) is 10.1 Å². The van der Waals surface area contributed by atoms with Gasteiger partial charge in [0.25, 0.3) is 0 Å². The van der Waals surface area contributed by atoms with Crippen molar-refractivity contribution in [2.24, 2.45) is 0 Å². The van der Waals surface area contributed by atoms with Crippen molar-refractivity contribution in [3.8, 4) is 22.6 Å². The number of pyridine rings is 1. The number of hydrogen-bond donors (Lipinski definition) is 5. The molecule has 1 aliphatic heterocycles. The Morgan fingerprint density at radius 3 is 2.44 bits per heavy atom. The van der Waals surface area contributed by atoms with Gasteiger partial charge < -0.3 is 34.5 Å². The third-order valence-electron chi connectivity index (χ3n) is 9.79. The summed E-state index contributed by atoms with van der Waals surface area (Å²) in [4.78, 5) is 27.3. The number of hydrogen-bond acceptors (Lipinski definition) is 7. The number of fused-ring (bicyclic) bond motifs is 1. The Labute approximate surface area is 304 Å². The average Bonchev–Trinajstić information content (AvgIpc) is 3.14. The molecule has 1 atom stereocenters. The standard InChI is InChI=1S/C42H48N4O6/c1-46(2)24-21-33(22-25-46)52-42(50)44-37-27-30(12-15-34(37)31-8-4-3-5-9-31)7-6-26-51-32-13-10-29(11-14-32)20-23-43-28-39(48)35-16-18-38(47)41-36(35)17-19-40(49)45-41/h3-5,8-19,27,33,39,43,48H,6-7,20-26,28H2,1-2H3,(H2-,44,45,47,49,50)/p+1/t39-/m0/s1. The van der Waals surface area contributed by atoms with E-state index in [-0.39, 0.29) is 17.4 Å². The number of aromatic amines is 1. The van der Waals surface area contributed by atoms with Gasteiger partial charge in [-0.25, -0.2) is 4.79 Å². The highest BCUT2D eigenvalue weighted by molar-refractivity contribution is 5.92. The van der Waals surface area contributed by atoms with Crippen molar-refractivity contribution in [3.05, 3.63) is 124 Å². The minimum absolute atomic E-state index is 0.0295. The topological polar surface area (TPSA) is 133 Å². The molecule has 1 aliphatic rings. The Bertz CT molecular complexity index is 2000. The summed E-state index contributed by atoms with van der Waals surface area (Å²) in [5.41, 5.74) is 5.63.